The molecule has 2 amide bonds. The minimum Gasteiger partial charge on any atom is -0.481 e. The first kappa shape index (κ1) is 16.5. The zero-order valence-electron chi connectivity index (χ0n) is 11.6. The van der Waals surface area contributed by atoms with Crippen molar-refractivity contribution in [2.75, 3.05) is 13.7 Å². The predicted molar refractivity (Wildman–Crippen MR) is 76.9 cm³/mol. The Bertz CT molecular complexity index is 422. The molecule has 112 valence electrons. The van der Waals surface area contributed by atoms with Crippen molar-refractivity contribution in [3.05, 3.63) is 22.4 Å². The van der Waals surface area contributed by atoms with Gasteiger partial charge in [0.2, 0.25) is 0 Å². The fourth-order valence-electron chi connectivity index (χ4n) is 1.71. The predicted octanol–water partition coefficient (Wildman–Crippen LogP) is 1.99. The molecule has 1 aromatic heterocycles. The van der Waals surface area contributed by atoms with Gasteiger partial charge in [-0.1, -0.05) is 13.0 Å². The summed E-state index contributed by atoms with van der Waals surface area (Å²) in [6.45, 7) is 2.16. The summed E-state index contributed by atoms with van der Waals surface area (Å²) in [6, 6.07) is 3.56. The Morgan fingerprint density at radius 1 is 1.50 bits per heavy atom. The summed E-state index contributed by atoms with van der Waals surface area (Å²) in [6.07, 6.45) is 0.121. The van der Waals surface area contributed by atoms with Crippen LogP contribution >= 0.6 is 11.3 Å². The maximum absolute atomic E-state index is 11.8. The average molecular weight is 300 g/mol. The van der Waals surface area contributed by atoms with Gasteiger partial charge >= 0.3 is 12.0 Å². The number of carboxylic acid groups (broad SMARTS) is 1. The largest absolute Gasteiger partial charge is 0.481 e. The second-order valence-corrected chi connectivity index (χ2v) is 5.27. The van der Waals surface area contributed by atoms with Crippen LogP contribution in [0, 0.1) is 0 Å². The van der Waals surface area contributed by atoms with E-state index in [1.807, 2.05) is 24.4 Å². The number of hydrogen-bond acceptors (Lipinski definition) is 4. The molecule has 0 spiro atoms. The average Bonchev–Trinajstić information content (AvgIpc) is 2.94. The first-order chi connectivity index (χ1) is 9.56. The number of methoxy groups -OCH3 is 1. The molecule has 2 atom stereocenters. The van der Waals surface area contributed by atoms with Crippen molar-refractivity contribution in [1.29, 1.82) is 0 Å². The van der Waals surface area contributed by atoms with E-state index >= 15 is 0 Å². The van der Waals surface area contributed by atoms with E-state index < -0.39 is 12.1 Å². The van der Waals surface area contributed by atoms with E-state index in [1.165, 1.54) is 7.11 Å². The summed E-state index contributed by atoms with van der Waals surface area (Å²) < 4.78 is 4.99. The molecule has 1 aromatic rings. The minimum absolute atomic E-state index is 0.0320. The first-order valence-corrected chi connectivity index (χ1v) is 7.27. The number of nitrogens with one attached hydrogen (secondary N) is 2. The van der Waals surface area contributed by atoms with Crippen molar-refractivity contribution in [2.45, 2.75) is 31.9 Å². The minimum atomic E-state index is -0.955. The molecule has 0 aliphatic carbocycles. The molecule has 1 rings (SSSR count). The SMILES string of the molecule is CCC(NC(=O)NCC(CC(=O)O)OC)c1cccs1. The van der Waals surface area contributed by atoms with E-state index in [0.717, 1.165) is 11.3 Å². The zero-order chi connectivity index (χ0) is 15.0. The van der Waals surface area contributed by atoms with Gasteiger partial charge in [0.15, 0.2) is 0 Å². The lowest BCUT2D eigenvalue weighted by atomic mass is 10.2. The topological polar surface area (TPSA) is 87.7 Å². The molecule has 0 bridgehead atoms. The summed E-state index contributed by atoms with van der Waals surface area (Å²) >= 11 is 1.59. The molecule has 0 radical (unpaired) electrons. The van der Waals surface area contributed by atoms with E-state index in [-0.39, 0.29) is 25.0 Å². The monoisotopic (exact) mass is 300 g/mol. The molecule has 0 aliphatic heterocycles. The van der Waals surface area contributed by atoms with E-state index in [1.54, 1.807) is 11.3 Å². The first-order valence-electron chi connectivity index (χ1n) is 6.39. The summed E-state index contributed by atoms with van der Waals surface area (Å²) in [5.41, 5.74) is 0. The lowest BCUT2D eigenvalue weighted by molar-refractivity contribution is -0.139. The number of rotatable bonds is 8. The Labute approximate surface area is 122 Å². The number of thiophene rings is 1. The summed E-state index contributed by atoms with van der Waals surface area (Å²) in [4.78, 5) is 23.5. The van der Waals surface area contributed by atoms with Gasteiger partial charge in [-0.2, -0.15) is 0 Å². The van der Waals surface area contributed by atoms with Crippen LogP contribution in [0.5, 0.6) is 0 Å². The number of carboxylic acids is 1. The molecular formula is C13H20N2O4S. The molecule has 0 saturated carbocycles. The zero-order valence-corrected chi connectivity index (χ0v) is 12.4. The number of amides is 2. The van der Waals surface area contributed by atoms with Gasteiger partial charge in [0, 0.05) is 18.5 Å². The molecule has 0 saturated heterocycles. The fraction of sp³-hybridized carbons (Fsp3) is 0.538. The number of carbonyl (C=O) groups excluding carboxylic acids is 1. The third kappa shape index (κ3) is 5.58. The number of carbonyl (C=O) groups is 2. The number of hydrogen-bond donors (Lipinski definition) is 3. The van der Waals surface area contributed by atoms with Crippen LogP contribution in [-0.4, -0.2) is 36.9 Å². The van der Waals surface area contributed by atoms with Gasteiger partial charge in [-0.25, -0.2) is 4.79 Å². The van der Waals surface area contributed by atoms with E-state index in [0.29, 0.717) is 0 Å². The molecule has 20 heavy (non-hydrogen) atoms. The molecular weight excluding hydrogens is 280 g/mol. The Hall–Kier alpha value is -1.60. The van der Waals surface area contributed by atoms with Crippen molar-refractivity contribution < 1.29 is 19.4 Å². The Morgan fingerprint density at radius 3 is 2.75 bits per heavy atom. The number of urea groups is 1. The van der Waals surface area contributed by atoms with Crippen LogP contribution in [0.15, 0.2) is 17.5 Å². The van der Waals surface area contributed by atoms with Crippen molar-refractivity contribution in [2.24, 2.45) is 0 Å². The van der Waals surface area contributed by atoms with E-state index in [9.17, 15) is 9.59 Å². The summed E-state index contributed by atoms with van der Waals surface area (Å²) in [5.74, 6) is -0.955. The van der Waals surface area contributed by atoms with Crippen LogP contribution < -0.4 is 10.6 Å². The van der Waals surface area contributed by atoms with Crippen LogP contribution in [0.1, 0.15) is 30.7 Å². The van der Waals surface area contributed by atoms with Crippen LogP contribution in [0.3, 0.4) is 0 Å². The maximum atomic E-state index is 11.8. The molecule has 0 aromatic carbocycles. The van der Waals surface area contributed by atoms with Gasteiger partial charge in [0.1, 0.15) is 0 Å². The van der Waals surface area contributed by atoms with Gasteiger partial charge in [0.05, 0.1) is 18.6 Å². The standard InChI is InChI=1S/C13H20N2O4S/c1-3-10(11-5-4-6-20-11)15-13(18)14-8-9(19-2)7-12(16)17/h4-6,9-10H,3,7-8H2,1-2H3,(H,16,17)(H2,14,15,18). The van der Waals surface area contributed by atoms with Crippen molar-refractivity contribution in [3.8, 4) is 0 Å². The van der Waals surface area contributed by atoms with Gasteiger partial charge in [-0.3, -0.25) is 4.79 Å². The van der Waals surface area contributed by atoms with Crippen LogP contribution in [0.4, 0.5) is 4.79 Å². The normalized spacial score (nSPS) is 13.5. The van der Waals surface area contributed by atoms with Crippen molar-refractivity contribution in [1.82, 2.24) is 10.6 Å². The molecule has 2 unspecified atom stereocenters. The lowest BCUT2D eigenvalue weighted by Gasteiger charge is -2.18. The number of aliphatic carboxylic acids is 1. The van der Waals surface area contributed by atoms with Crippen LogP contribution in [0.2, 0.25) is 0 Å². The number of ether oxygens (including phenoxy) is 1. The van der Waals surface area contributed by atoms with E-state index in [4.69, 9.17) is 9.84 Å². The van der Waals surface area contributed by atoms with Crippen LogP contribution in [-0.2, 0) is 9.53 Å². The highest BCUT2D eigenvalue weighted by Crippen LogP contribution is 2.21. The molecule has 3 N–H and O–H groups in total. The third-order valence-electron chi connectivity index (χ3n) is 2.83. The van der Waals surface area contributed by atoms with Gasteiger partial charge < -0.3 is 20.5 Å². The van der Waals surface area contributed by atoms with Gasteiger partial charge in [-0.15, -0.1) is 11.3 Å². The van der Waals surface area contributed by atoms with Gasteiger partial charge in [0.25, 0.3) is 0 Å². The maximum Gasteiger partial charge on any atom is 0.315 e. The highest BCUT2D eigenvalue weighted by Gasteiger charge is 2.16. The molecule has 0 fully saturated rings. The Balaban J connectivity index is 2.40. The van der Waals surface area contributed by atoms with Gasteiger partial charge in [-0.05, 0) is 17.9 Å². The molecule has 6 nitrogen and oxygen atoms in total. The molecule has 7 heteroatoms. The Kier molecular flexibility index (Phi) is 7.03. The van der Waals surface area contributed by atoms with Crippen molar-refractivity contribution in [3.63, 3.8) is 0 Å². The quantitative estimate of drug-likeness (QED) is 0.685. The fourth-order valence-corrected chi connectivity index (χ4v) is 2.57. The van der Waals surface area contributed by atoms with E-state index in [2.05, 4.69) is 10.6 Å². The molecule has 1 heterocycles. The smallest absolute Gasteiger partial charge is 0.315 e. The highest BCUT2D eigenvalue weighted by atomic mass is 32.1. The second-order valence-electron chi connectivity index (χ2n) is 4.29. The molecule has 0 aliphatic rings. The third-order valence-corrected chi connectivity index (χ3v) is 3.81. The van der Waals surface area contributed by atoms with Crippen molar-refractivity contribution >= 4 is 23.3 Å². The summed E-state index contributed by atoms with van der Waals surface area (Å²) in [5, 5.41) is 16.1. The Morgan fingerprint density at radius 2 is 2.25 bits per heavy atom. The summed E-state index contributed by atoms with van der Waals surface area (Å²) in [7, 11) is 1.42. The highest BCUT2D eigenvalue weighted by molar-refractivity contribution is 7.10. The second kappa shape index (κ2) is 8.55. The lowest BCUT2D eigenvalue weighted by Crippen LogP contribution is -2.42. The van der Waals surface area contributed by atoms with Crippen LogP contribution in [0.25, 0.3) is 0 Å².